The number of hydrogen-bond donors (Lipinski definition) is 3. The first-order chi connectivity index (χ1) is 14.7. The van der Waals surface area contributed by atoms with E-state index in [0.29, 0.717) is 28.8 Å². The molecular weight excluding hydrogens is 390 g/mol. The highest BCUT2D eigenvalue weighted by Crippen LogP contribution is 2.41. The number of aliphatic hydroxyl groups is 1. The molecule has 164 valence electrons. The quantitative estimate of drug-likeness (QED) is 0.685. The molecule has 1 aliphatic carbocycles. The number of anilines is 2. The van der Waals surface area contributed by atoms with Crippen molar-refractivity contribution in [1.29, 1.82) is 0 Å². The van der Waals surface area contributed by atoms with Crippen molar-refractivity contribution in [1.82, 2.24) is 5.32 Å². The number of carbonyl (C=O) groups excluding carboxylic acids is 2. The fourth-order valence-corrected chi connectivity index (χ4v) is 4.78. The van der Waals surface area contributed by atoms with E-state index in [1.54, 1.807) is 30.3 Å². The lowest BCUT2D eigenvalue weighted by atomic mass is 9.78. The number of carbonyl (C=O) groups is 2. The molecule has 0 aromatic heterocycles. The fraction of sp³-hybridized carbons (Fsp3) is 0.440. The van der Waals surface area contributed by atoms with Crippen molar-refractivity contribution in [3.63, 3.8) is 0 Å². The third-order valence-corrected chi connectivity index (χ3v) is 7.16. The zero-order valence-corrected chi connectivity index (χ0v) is 18.6. The summed E-state index contributed by atoms with van der Waals surface area (Å²) in [6.45, 7) is 8.26. The monoisotopic (exact) mass is 421 g/mol. The number of nitrogens with zero attached hydrogens (tertiary/aromatic N) is 1. The molecule has 4 rings (SSSR count). The summed E-state index contributed by atoms with van der Waals surface area (Å²) >= 11 is 0. The Kier molecular flexibility index (Phi) is 5.52. The maximum absolute atomic E-state index is 13.7. The highest BCUT2D eigenvalue weighted by Gasteiger charge is 2.52. The lowest BCUT2D eigenvalue weighted by Gasteiger charge is -2.44. The molecule has 2 aliphatic rings. The van der Waals surface area contributed by atoms with Gasteiger partial charge in [0.2, 0.25) is 0 Å². The number of rotatable bonds is 3. The van der Waals surface area contributed by atoms with E-state index in [0.717, 1.165) is 30.4 Å². The molecule has 0 unspecified atom stereocenters. The number of urea groups is 1. The van der Waals surface area contributed by atoms with Crippen LogP contribution in [0.25, 0.3) is 0 Å². The molecule has 0 saturated heterocycles. The van der Waals surface area contributed by atoms with Gasteiger partial charge in [0.15, 0.2) is 0 Å². The van der Waals surface area contributed by atoms with E-state index < -0.39 is 17.7 Å². The molecule has 31 heavy (non-hydrogen) atoms. The molecule has 3 amide bonds. The van der Waals surface area contributed by atoms with Crippen molar-refractivity contribution >= 4 is 23.3 Å². The molecule has 1 aliphatic heterocycles. The van der Waals surface area contributed by atoms with Crippen LogP contribution >= 0.6 is 0 Å². The van der Waals surface area contributed by atoms with E-state index >= 15 is 0 Å². The van der Waals surface area contributed by atoms with Gasteiger partial charge in [-0.1, -0.05) is 51.0 Å². The van der Waals surface area contributed by atoms with Crippen molar-refractivity contribution in [2.45, 2.75) is 58.7 Å². The van der Waals surface area contributed by atoms with Gasteiger partial charge in [-0.3, -0.25) is 9.69 Å². The van der Waals surface area contributed by atoms with Gasteiger partial charge in [0.05, 0.1) is 5.69 Å². The second-order valence-corrected chi connectivity index (χ2v) is 9.10. The summed E-state index contributed by atoms with van der Waals surface area (Å²) in [7, 11) is 0. The minimum Gasteiger partial charge on any atom is -0.359 e. The lowest BCUT2D eigenvalue weighted by Crippen LogP contribution is -2.64. The topological polar surface area (TPSA) is 81.7 Å². The minimum atomic E-state index is -2.15. The van der Waals surface area contributed by atoms with Crippen molar-refractivity contribution in [2.24, 2.45) is 11.8 Å². The Hall–Kier alpha value is -2.86. The van der Waals surface area contributed by atoms with Crippen LogP contribution in [0.5, 0.6) is 0 Å². The molecule has 6 heteroatoms. The maximum Gasteiger partial charge on any atom is 0.329 e. The van der Waals surface area contributed by atoms with Crippen molar-refractivity contribution in [3.05, 3.63) is 59.2 Å². The lowest BCUT2D eigenvalue weighted by molar-refractivity contribution is -0.141. The molecule has 1 fully saturated rings. The Bertz CT molecular complexity index is 1020. The number of benzene rings is 2. The van der Waals surface area contributed by atoms with Gasteiger partial charge in [-0.15, -0.1) is 0 Å². The predicted octanol–water partition coefficient (Wildman–Crippen LogP) is 4.44. The standard InChI is InChI=1S/C25H31N3O3/c1-15-12-13-19(14-17(15)3)28-24(30)27-22-10-6-5-9-20(22)25(28,31)23(29)26-21-11-7-8-16(2)18(21)4/h5-6,9-10,12-14,16,18,21,31H,7-8,11H2,1-4H3,(H,26,29)(H,27,30)/t16-,18+,21+,25-/m1/s1. The van der Waals surface area contributed by atoms with Gasteiger partial charge < -0.3 is 15.7 Å². The van der Waals surface area contributed by atoms with Crippen LogP contribution in [0.3, 0.4) is 0 Å². The molecule has 0 bridgehead atoms. The van der Waals surface area contributed by atoms with Crippen LogP contribution in [-0.2, 0) is 10.5 Å². The number of nitrogens with one attached hydrogen (secondary N) is 2. The Morgan fingerprint density at radius 3 is 2.61 bits per heavy atom. The number of aryl methyl sites for hydroxylation is 2. The average molecular weight is 422 g/mol. The maximum atomic E-state index is 13.7. The molecule has 0 spiro atoms. The van der Waals surface area contributed by atoms with Crippen molar-refractivity contribution < 1.29 is 14.7 Å². The summed E-state index contributed by atoms with van der Waals surface area (Å²) in [6, 6.07) is 11.8. The second-order valence-electron chi connectivity index (χ2n) is 9.10. The zero-order valence-electron chi connectivity index (χ0n) is 18.6. The summed E-state index contributed by atoms with van der Waals surface area (Å²) in [5.41, 5.74) is 1.16. The predicted molar refractivity (Wildman–Crippen MR) is 122 cm³/mol. The highest BCUT2D eigenvalue weighted by atomic mass is 16.3. The summed E-state index contributed by atoms with van der Waals surface area (Å²) < 4.78 is 0. The van der Waals surface area contributed by atoms with E-state index in [4.69, 9.17) is 0 Å². The largest absolute Gasteiger partial charge is 0.359 e. The van der Waals surface area contributed by atoms with Crippen LogP contribution < -0.4 is 15.5 Å². The third kappa shape index (κ3) is 3.59. The first kappa shape index (κ1) is 21.4. The van der Waals surface area contributed by atoms with Gasteiger partial charge >= 0.3 is 6.03 Å². The van der Waals surface area contributed by atoms with Crippen LogP contribution in [0.2, 0.25) is 0 Å². The van der Waals surface area contributed by atoms with Crippen molar-refractivity contribution in [3.8, 4) is 0 Å². The molecule has 1 saturated carbocycles. The average Bonchev–Trinajstić information content (AvgIpc) is 2.74. The zero-order chi connectivity index (χ0) is 22.3. The Labute approximate surface area is 183 Å². The van der Waals surface area contributed by atoms with Crippen molar-refractivity contribution in [2.75, 3.05) is 10.2 Å². The number of amides is 3. The Morgan fingerprint density at radius 1 is 1.13 bits per heavy atom. The molecule has 1 heterocycles. The molecule has 2 aromatic rings. The Morgan fingerprint density at radius 2 is 1.87 bits per heavy atom. The smallest absolute Gasteiger partial charge is 0.329 e. The van der Waals surface area contributed by atoms with Gasteiger partial charge in [0.25, 0.3) is 11.6 Å². The van der Waals surface area contributed by atoms with E-state index in [9.17, 15) is 14.7 Å². The van der Waals surface area contributed by atoms with Crippen LogP contribution in [0, 0.1) is 25.7 Å². The summed E-state index contributed by atoms with van der Waals surface area (Å²) in [5, 5.41) is 17.9. The fourth-order valence-electron chi connectivity index (χ4n) is 4.78. The molecule has 0 radical (unpaired) electrons. The van der Waals surface area contributed by atoms with E-state index in [-0.39, 0.29) is 6.04 Å². The summed E-state index contributed by atoms with van der Waals surface area (Å²) in [6.07, 6.45) is 3.04. The first-order valence-corrected chi connectivity index (χ1v) is 11.0. The van der Waals surface area contributed by atoms with Gasteiger partial charge in [-0.2, -0.15) is 0 Å². The van der Waals surface area contributed by atoms with Crippen LogP contribution in [0.4, 0.5) is 16.2 Å². The first-order valence-electron chi connectivity index (χ1n) is 11.0. The second kappa shape index (κ2) is 8.00. The third-order valence-electron chi connectivity index (χ3n) is 7.16. The van der Waals surface area contributed by atoms with Gasteiger partial charge in [0, 0.05) is 17.3 Å². The number of hydrogen-bond acceptors (Lipinski definition) is 3. The normalized spacial score (nSPS) is 28.0. The molecule has 4 atom stereocenters. The number of para-hydroxylation sites is 1. The molecule has 6 nitrogen and oxygen atoms in total. The van der Waals surface area contributed by atoms with Crippen LogP contribution in [0.1, 0.15) is 49.8 Å². The van der Waals surface area contributed by atoms with Gasteiger partial charge in [-0.05, 0) is 61.4 Å². The van der Waals surface area contributed by atoms with Gasteiger partial charge in [0.1, 0.15) is 0 Å². The number of fused-ring (bicyclic) bond motifs is 1. The highest BCUT2D eigenvalue weighted by molar-refractivity contribution is 6.11. The Balaban J connectivity index is 1.79. The summed E-state index contributed by atoms with van der Waals surface area (Å²) in [5.74, 6) is 0.217. The van der Waals surface area contributed by atoms with E-state index in [1.807, 2.05) is 26.0 Å². The van der Waals surface area contributed by atoms with Gasteiger partial charge in [-0.25, -0.2) is 4.79 Å². The summed E-state index contributed by atoms with van der Waals surface area (Å²) in [4.78, 5) is 28.0. The molecule has 2 aromatic carbocycles. The van der Waals surface area contributed by atoms with E-state index in [2.05, 4.69) is 24.5 Å². The molecule has 3 N–H and O–H groups in total. The van der Waals surface area contributed by atoms with E-state index in [1.165, 1.54) is 4.90 Å². The van der Waals surface area contributed by atoms with Crippen LogP contribution in [0.15, 0.2) is 42.5 Å². The SMILES string of the molecule is Cc1ccc(N2C(=O)Nc3ccccc3[C@@]2(O)C(=O)N[C@H]2CCC[C@@H](C)[C@@H]2C)cc1C. The van der Waals surface area contributed by atoms with Crippen LogP contribution in [-0.4, -0.2) is 23.1 Å². The minimum absolute atomic E-state index is 0.0426. The molecular formula is C25H31N3O3.